The molecule has 4 nitrogen and oxygen atoms in total. The fourth-order valence-corrected chi connectivity index (χ4v) is 4.08. The number of ketones is 1. The van der Waals surface area contributed by atoms with Gasteiger partial charge in [0.2, 0.25) is 0 Å². The van der Waals surface area contributed by atoms with Gasteiger partial charge in [0.15, 0.2) is 0 Å². The molecule has 0 aliphatic carbocycles. The molecule has 1 fully saturated rings. The molecule has 0 N–H and O–H groups in total. The number of rotatable bonds is 5. The Morgan fingerprint density at radius 1 is 0.941 bits per heavy atom. The Bertz CT molecular complexity index is 1020. The summed E-state index contributed by atoms with van der Waals surface area (Å²) in [5.41, 5.74) is -3.01. The van der Waals surface area contributed by atoms with Crippen molar-refractivity contribution in [2.24, 2.45) is 0 Å². The molecule has 1 amide bonds. The second-order valence-corrected chi connectivity index (χ2v) is 8.65. The highest BCUT2D eigenvalue weighted by Gasteiger charge is 2.39. The number of carbonyl (C=O) groups excluding carboxylic acids is 2. The van der Waals surface area contributed by atoms with Gasteiger partial charge in [-0.25, -0.2) is 0 Å². The number of hydrogen-bond donors (Lipinski definition) is 0. The Hall–Kier alpha value is -2.59. The second kappa shape index (κ2) is 9.95. The molecule has 2 aromatic rings. The van der Waals surface area contributed by atoms with Crippen molar-refractivity contribution in [3.05, 3.63) is 69.7 Å². The van der Waals surface area contributed by atoms with Crippen LogP contribution in [0.25, 0.3) is 0 Å². The fourth-order valence-electron chi connectivity index (χ4n) is 3.96. The summed E-state index contributed by atoms with van der Waals surface area (Å²) in [6.45, 7) is 2.07. The number of benzene rings is 2. The number of amides is 1. The lowest BCUT2D eigenvalue weighted by Gasteiger charge is -2.41. The van der Waals surface area contributed by atoms with Crippen LogP contribution in [0.1, 0.15) is 34.0 Å². The van der Waals surface area contributed by atoms with E-state index in [0.29, 0.717) is 17.2 Å². The maximum atomic E-state index is 13.3. The van der Waals surface area contributed by atoms with Gasteiger partial charge in [0.1, 0.15) is 5.78 Å². The summed E-state index contributed by atoms with van der Waals surface area (Å²) >= 11 is 5.90. The molecule has 1 heterocycles. The molecular weight excluding hydrogens is 486 g/mol. The lowest BCUT2D eigenvalue weighted by molar-refractivity contribution is -0.143. The molecule has 0 bridgehead atoms. The summed E-state index contributed by atoms with van der Waals surface area (Å²) in [4.78, 5) is 27.9. The number of nitrogens with zero attached hydrogens (tertiary/aromatic N) is 2. The van der Waals surface area contributed by atoms with E-state index >= 15 is 0 Å². The van der Waals surface area contributed by atoms with Crippen LogP contribution in [-0.4, -0.2) is 53.7 Å². The van der Waals surface area contributed by atoms with Crippen molar-refractivity contribution in [3.63, 3.8) is 0 Å². The van der Waals surface area contributed by atoms with Gasteiger partial charge in [-0.15, -0.1) is 0 Å². The summed E-state index contributed by atoms with van der Waals surface area (Å²) in [6.07, 6.45) is -9.83. The molecule has 0 spiro atoms. The topological polar surface area (TPSA) is 40.6 Å². The normalized spacial score (nSPS) is 17.6. The average Bonchev–Trinajstić information content (AvgIpc) is 2.73. The van der Waals surface area contributed by atoms with Crippen molar-refractivity contribution in [2.45, 2.75) is 31.7 Å². The van der Waals surface area contributed by atoms with Gasteiger partial charge in [0.05, 0.1) is 17.7 Å². The minimum Gasteiger partial charge on any atom is -0.333 e. The third-order valence-corrected chi connectivity index (χ3v) is 5.75. The van der Waals surface area contributed by atoms with Gasteiger partial charge in [-0.05, 0) is 49.2 Å². The monoisotopic (exact) mass is 506 g/mol. The van der Waals surface area contributed by atoms with Crippen LogP contribution < -0.4 is 0 Å². The lowest BCUT2D eigenvalue weighted by atomic mass is 9.99. The highest BCUT2D eigenvalue weighted by molar-refractivity contribution is 6.30. The van der Waals surface area contributed by atoms with Gasteiger partial charge < -0.3 is 4.90 Å². The molecule has 3 rings (SSSR count). The largest absolute Gasteiger partial charge is 0.416 e. The first-order chi connectivity index (χ1) is 15.7. The van der Waals surface area contributed by atoms with E-state index in [0.717, 1.165) is 5.56 Å². The van der Waals surface area contributed by atoms with Crippen LogP contribution in [0.2, 0.25) is 5.02 Å². The zero-order chi connectivity index (χ0) is 25.3. The zero-order valence-corrected chi connectivity index (χ0v) is 18.8. The van der Waals surface area contributed by atoms with Crippen molar-refractivity contribution < 1.29 is 35.9 Å². The van der Waals surface area contributed by atoms with E-state index in [9.17, 15) is 35.9 Å². The first-order valence-corrected chi connectivity index (χ1v) is 10.7. The molecule has 0 radical (unpaired) electrons. The minimum atomic E-state index is -5.06. The fraction of sp³-hybridized carbons (Fsp3) is 0.391. The number of alkyl halides is 6. The summed E-state index contributed by atoms with van der Waals surface area (Å²) in [5.74, 6) is -1.03. The summed E-state index contributed by atoms with van der Waals surface area (Å²) < 4.78 is 79.6. The molecule has 1 saturated heterocycles. The van der Waals surface area contributed by atoms with Crippen molar-refractivity contribution in [3.8, 4) is 0 Å². The van der Waals surface area contributed by atoms with Crippen LogP contribution in [0, 0.1) is 0 Å². The maximum absolute atomic E-state index is 13.3. The van der Waals surface area contributed by atoms with Crippen LogP contribution >= 0.6 is 11.6 Å². The number of hydrogen-bond acceptors (Lipinski definition) is 3. The Kier molecular flexibility index (Phi) is 7.62. The van der Waals surface area contributed by atoms with Crippen LogP contribution in [-0.2, 0) is 23.6 Å². The summed E-state index contributed by atoms with van der Waals surface area (Å²) in [5, 5.41) is 0.488. The molecule has 1 aliphatic rings. The minimum absolute atomic E-state index is 0.00717. The molecule has 0 saturated carbocycles. The van der Waals surface area contributed by atoms with E-state index in [-0.39, 0.29) is 44.4 Å². The van der Waals surface area contributed by atoms with Gasteiger partial charge in [0, 0.05) is 36.3 Å². The predicted octanol–water partition coefficient (Wildman–Crippen LogP) is 5.34. The molecule has 2 aromatic carbocycles. The first-order valence-electron chi connectivity index (χ1n) is 10.3. The predicted molar refractivity (Wildman–Crippen MR) is 114 cm³/mol. The van der Waals surface area contributed by atoms with Crippen molar-refractivity contribution in [1.82, 2.24) is 9.80 Å². The quantitative estimate of drug-likeness (QED) is 0.514. The van der Waals surface area contributed by atoms with E-state index in [1.165, 1.54) is 11.8 Å². The first kappa shape index (κ1) is 26.0. The van der Waals surface area contributed by atoms with Crippen molar-refractivity contribution in [1.29, 1.82) is 0 Å². The summed E-state index contributed by atoms with van der Waals surface area (Å²) in [7, 11) is 0. The number of carbonyl (C=O) groups is 2. The smallest absolute Gasteiger partial charge is 0.333 e. The van der Waals surface area contributed by atoms with Gasteiger partial charge in [0.25, 0.3) is 5.91 Å². The Morgan fingerprint density at radius 2 is 1.50 bits per heavy atom. The third kappa shape index (κ3) is 6.50. The number of halogens is 7. The second-order valence-electron chi connectivity index (χ2n) is 8.21. The Balaban J connectivity index is 1.96. The van der Waals surface area contributed by atoms with E-state index in [4.69, 9.17) is 11.6 Å². The highest BCUT2D eigenvalue weighted by atomic mass is 35.5. The van der Waals surface area contributed by atoms with E-state index in [1.807, 2.05) is 0 Å². The van der Waals surface area contributed by atoms with E-state index in [2.05, 4.69) is 0 Å². The average molecular weight is 507 g/mol. The van der Waals surface area contributed by atoms with Crippen LogP contribution in [0.4, 0.5) is 26.3 Å². The maximum Gasteiger partial charge on any atom is 0.416 e. The van der Waals surface area contributed by atoms with E-state index in [1.54, 1.807) is 29.2 Å². The van der Waals surface area contributed by atoms with Crippen LogP contribution in [0.3, 0.4) is 0 Å². The highest BCUT2D eigenvalue weighted by Crippen LogP contribution is 2.36. The molecular formula is C23H21ClF6N2O2. The number of Topliss-reactive ketones (excluding diaryl/α,β-unsaturated/α-hetero) is 1. The molecule has 34 heavy (non-hydrogen) atoms. The zero-order valence-electron chi connectivity index (χ0n) is 18.0. The van der Waals surface area contributed by atoms with E-state index < -0.39 is 41.0 Å². The molecule has 0 aromatic heterocycles. The molecule has 1 atom stereocenters. The van der Waals surface area contributed by atoms with Gasteiger partial charge in [-0.1, -0.05) is 23.7 Å². The van der Waals surface area contributed by atoms with Gasteiger partial charge in [-0.3, -0.25) is 14.5 Å². The Morgan fingerprint density at radius 3 is 2.00 bits per heavy atom. The van der Waals surface area contributed by atoms with Gasteiger partial charge >= 0.3 is 12.4 Å². The lowest BCUT2D eigenvalue weighted by Crippen LogP contribution is -2.56. The molecule has 184 valence electrons. The van der Waals surface area contributed by atoms with Crippen LogP contribution in [0.5, 0.6) is 0 Å². The van der Waals surface area contributed by atoms with Crippen LogP contribution in [0.15, 0.2) is 42.5 Å². The van der Waals surface area contributed by atoms with Gasteiger partial charge in [-0.2, -0.15) is 26.3 Å². The summed E-state index contributed by atoms with van der Waals surface area (Å²) in [6, 6.07) is 7.03. The Labute approximate surface area is 197 Å². The number of piperazine rings is 1. The third-order valence-electron chi connectivity index (χ3n) is 5.49. The molecule has 11 heteroatoms. The SMILES string of the molecule is CC(=O)CN1CCN(C(=O)c2cc(C(F)(F)F)cc(C(F)(F)F)c2)C(Cc2ccc(Cl)cc2)C1. The molecule has 1 unspecified atom stereocenters. The standard InChI is InChI=1S/C23H21ClF6N2O2/c1-14(33)12-31-6-7-32(20(13-31)8-15-2-4-19(24)5-3-15)21(34)16-9-17(22(25,26)27)11-18(10-16)23(28,29)30/h2-5,9-11,20H,6-8,12-13H2,1H3. The van der Waals surface area contributed by atoms with Crippen molar-refractivity contribution in [2.75, 3.05) is 26.2 Å². The van der Waals surface area contributed by atoms with Crippen molar-refractivity contribution >= 4 is 23.3 Å². The molecule has 1 aliphatic heterocycles.